The third-order valence-electron chi connectivity index (χ3n) is 3.82. The van der Waals surface area contributed by atoms with Gasteiger partial charge in [0.1, 0.15) is 17.1 Å². The van der Waals surface area contributed by atoms with Crippen molar-refractivity contribution in [1.82, 2.24) is 4.48 Å². The fraction of sp³-hybridized carbons (Fsp3) is 0.0526. The van der Waals surface area contributed by atoms with Crippen molar-refractivity contribution in [2.24, 2.45) is 0 Å². The van der Waals surface area contributed by atoms with Crippen LogP contribution >= 0.6 is 0 Å². The summed E-state index contributed by atoms with van der Waals surface area (Å²) >= 11 is 0. The Kier molecular flexibility index (Phi) is 4.51. The van der Waals surface area contributed by atoms with Crippen LogP contribution < -0.4 is 9.19 Å². The standard InChI is InChI=1S/C19H18N.FH/c1-20(17-11-5-2-6-12-17,18-13-7-3-8-14-18)19-15-9-4-10-16-19;/h2-16H,1H3;1H/q+1;/p-1. The van der Waals surface area contributed by atoms with Crippen molar-refractivity contribution >= 4 is 17.1 Å². The molecule has 0 saturated heterocycles. The molecule has 0 bridgehead atoms. The zero-order valence-corrected chi connectivity index (χ0v) is 12.0. The number of hydrogen-bond donors (Lipinski definition) is 0. The summed E-state index contributed by atoms with van der Waals surface area (Å²) in [6.45, 7) is 0. The molecule has 0 aliphatic carbocycles. The van der Waals surface area contributed by atoms with Crippen LogP contribution in [-0.2, 0) is 0 Å². The second-order valence-electron chi connectivity index (χ2n) is 5.01. The zero-order chi connectivity index (χ0) is 13.8. The number of quaternary nitrogens is 1. The number of benzene rings is 3. The Morgan fingerprint density at radius 2 is 0.714 bits per heavy atom. The van der Waals surface area contributed by atoms with Gasteiger partial charge in [-0.25, -0.2) is 4.48 Å². The Hall–Kier alpha value is -2.45. The minimum absolute atomic E-state index is 0. The van der Waals surface area contributed by atoms with Crippen molar-refractivity contribution in [3.63, 3.8) is 0 Å². The van der Waals surface area contributed by atoms with Crippen LogP contribution in [0.3, 0.4) is 0 Å². The van der Waals surface area contributed by atoms with E-state index in [1.54, 1.807) is 0 Å². The molecule has 106 valence electrons. The van der Waals surface area contributed by atoms with Gasteiger partial charge in [-0.15, -0.1) is 0 Å². The molecule has 0 saturated carbocycles. The van der Waals surface area contributed by atoms with Crippen LogP contribution in [0.15, 0.2) is 91.0 Å². The molecule has 0 atom stereocenters. The number of halogens is 1. The minimum Gasteiger partial charge on any atom is -1.00 e. The Morgan fingerprint density at radius 3 is 0.952 bits per heavy atom. The predicted octanol–water partition coefficient (Wildman–Crippen LogP) is 2.29. The predicted molar refractivity (Wildman–Crippen MR) is 86.4 cm³/mol. The summed E-state index contributed by atoms with van der Waals surface area (Å²) in [5.41, 5.74) is 3.76. The first-order valence-corrected chi connectivity index (χ1v) is 6.85. The summed E-state index contributed by atoms with van der Waals surface area (Å²) in [7, 11) is 2.24. The second-order valence-corrected chi connectivity index (χ2v) is 5.01. The van der Waals surface area contributed by atoms with E-state index in [0.717, 1.165) is 0 Å². The van der Waals surface area contributed by atoms with Crippen molar-refractivity contribution in [2.75, 3.05) is 7.05 Å². The van der Waals surface area contributed by atoms with Gasteiger partial charge in [-0.2, -0.15) is 0 Å². The number of hydrogen-bond acceptors (Lipinski definition) is 0. The molecule has 0 radical (unpaired) electrons. The molecule has 0 aromatic heterocycles. The smallest absolute Gasteiger partial charge is 0.142 e. The van der Waals surface area contributed by atoms with Crippen LogP contribution in [0, 0.1) is 0 Å². The highest BCUT2D eigenvalue weighted by molar-refractivity contribution is 5.69. The summed E-state index contributed by atoms with van der Waals surface area (Å²) in [5.74, 6) is 0. The van der Waals surface area contributed by atoms with Crippen LogP contribution in [0.1, 0.15) is 0 Å². The second kappa shape index (κ2) is 6.33. The number of rotatable bonds is 3. The molecule has 2 heteroatoms. The fourth-order valence-corrected chi connectivity index (χ4v) is 2.63. The van der Waals surface area contributed by atoms with Crippen molar-refractivity contribution in [2.45, 2.75) is 0 Å². The first-order valence-electron chi connectivity index (χ1n) is 6.85. The molecule has 3 aromatic rings. The maximum Gasteiger partial charge on any atom is 0.142 e. The van der Waals surface area contributed by atoms with Crippen LogP contribution in [0.25, 0.3) is 0 Å². The Labute approximate surface area is 125 Å². The van der Waals surface area contributed by atoms with Gasteiger partial charge in [0.2, 0.25) is 0 Å². The lowest BCUT2D eigenvalue weighted by atomic mass is 10.1. The van der Waals surface area contributed by atoms with E-state index in [1.807, 2.05) is 0 Å². The molecule has 0 aliphatic heterocycles. The van der Waals surface area contributed by atoms with Gasteiger partial charge < -0.3 is 4.70 Å². The van der Waals surface area contributed by atoms with Gasteiger partial charge in [-0.05, 0) is 36.4 Å². The highest BCUT2D eigenvalue weighted by atomic mass is 19.0. The molecular weight excluding hydrogens is 261 g/mol. The van der Waals surface area contributed by atoms with Crippen molar-refractivity contribution < 1.29 is 4.70 Å². The lowest BCUT2D eigenvalue weighted by Crippen LogP contribution is -3.00. The summed E-state index contributed by atoms with van der Waals surface area (Å²) < 4.78 is 0.669. The SMILES string of the molecule is C[N+](c1ccccc1)(c1ccccc1)c1ccccc1.[F-]. The highest BCUT2D eigenvalue weighted by Crippen LogP contribution is 2.40. The summed E-state index contributed by atoms with van der Waals surface area (Å²) in [5, 5.41) is 0. The van der Waals surface area contributed by atoms with Gasteiger partial charge >= 0.3 is 0 Å². The van der Waals surface area contributed by atoms with E-state index in [2.05, 4.69) is 98.0 Å². The van der Waals surface area contributed by atoms with Gasteiger partial charge in [0.05, 0.1) is 7.05 Å². The van der Waals surface area contributed by atoms with E-state index >= 15 is 0 Å². The molecule has 0 heterocycles. The zero-order valence-electron chi connectivity index (χ0n) is 12.0. The lowest BCUT2D eigenvalue weighted by Gasteiger charge is -2.33. The molecule has 0 spiro atoms. The molecule has 1 nitrogen and oxygen atoms in total. The average Bonchev–Trinajstić information content (AvgIpc) is 2.56. The topological polar surface area (TPSA) is 0 Å². The monoisotopic (exact) mass is 279 g/mol. The van der Waals surface area contributed by atoms with Gasteiger partial charge in [0, 0.05) is 0 Å². The van der Waals surface area contributed by atoms with Crippen LogP contribution in [-0.4, -0.2) is 7.05 Å². The van der Waals surface area contributed by atoms with E-state index in [4.69, 9.17) is 0 Å². The third-order valence-corrected chi connectivity index (χ3v) is 3.82. The maximum atomic E-state index is 2.24. The quantitative estimate of drug-likeness (QED) is 0.645. The minimum atomic E-state index is 0. The molecule has 3 aromatic carbocycles. The number of nitrogens with zero attached hydrogens (tertiary/aromatic N) is 1. The van der Waals surface area contributed by atoms with Crippen LogP contribution in [0.5, 0.6) is 0 Å². The van der Waals surface area contributed by atoms with E-state index < -0.39 is 0 Å². The summed E-state index contributed by atoms with van der Waals surface area (Å²) in [4.78, 5) is 0. The molecule has 0 fully saturated rings. The summed E-state index contributed by atoms with van der Waals surface area (Å²) in [6.07, 6.45) is 0. The molecule has 0 amide bonds. The number of para-hydroxylation sites is 3. The Bertz CT molecular complexity index is 569. The normalized spacial score (nSPS) is 10.7. The Morgan fingerprint density at radius 1 is 0.476 bits per heavy atom. The largest absolute Gasteiger partial charge is 1.00 e. The molecule has 0 N–H and O–H groups in total. The molecule has 0 aliphatic rings. The van der Waals surface area contributed by atoms with Gasteiger partial charge in [0.25, 0.3) is 0 Å². The molecular formula is C19H18FN. The van der Waals surface area contributed by atoms with E-state index in [0.29, 0.717) is 4.48 Å². The van der Waals surface area contributed by atoms with Crippen molar-refractivity contribution in [1.29, 1.82) is 0 Å². The first-order chi connectivity index (χ1) is 9.82. The average molecular weight is 279 g/mol. The third kappa shape index (κ3) is 2.71. The van der Waals surface area contributed by atoms with Gasteiger partial charge in [-0.3, -0.25) is 0 Å². The lowest BCUT2D eigenvalue weighted by molar-refractivity contribution is -0.00000392. The molecule has 3 rings (SSSR count). The van der Waals surface area contributed by atoms with Gasteiger partial charge in [-0.1, -0.05) is 54.6 Å². The van der Waals surface area contributed by atoms with Crippen LogP contribution in [0.2, 0.25) is 0 Å². The highest BCUT2D eigenvalue weighted by Gasteiger charge is 2.30. The van der Waals surface area contributed by atoms with E-state index in [-0.39, 0.29) is 4.70 Å². The van der Waals surface area contributed by atoms with Gasteiger partial charge in [0.15, 0.2) is 0 Å². The summed E-state index contributed by atoms with van der Waals surface area (Å²) in [6, 6.07) is 31.8. The van der Waals surface area contributed by atoms with E-state index in [9.17, 15) is 0 Å². The van der Waals surface area contributed by atoms with Crippen molar-refractivity contribution in [3.05, 3.63) is 91.0 Å². The fourth-order valence-electron chi connectivity index (χ4n) is 2.63. The first kappa shape index (κ1) is 14.9. The van der Waals surface area contributed by atoms with E-state index in [1.165, 1.54) is 17.1 Å². The van der Waals surface area contributed by atoms with Crippen molar-refractivity contribution in [3.8, 4) is 0 Å². The maximum absolute atomic E-state index is 2.24. The molecule has 21 heavy (non-hydrogen) atoms. The van der Waals surface area contributed by atoms with Crippen LogP contribution in [0.4, 0.5) is 17.1 Å². The Balaban J connectivity index is 0.00000161. The molecule has 0 unspecified atom stereocenters.